The number of aryl methyl sites for hydroxylation is 2. The predicted molar refractivity (Wildman–Crippen MR) is 182 cm³/mol. The highest BCUT2D eigenvalue weighted by molar-refractivity contribution is 6.30. The van der Waals surface area contributed by atoms with Gasteiger partial charge in [-0.25, -0.2) is 14.2 Å². The van der Waals surface area contributed by atoms with Gasteiger partial charge in [-0.3, -0.25) is 0 Å². The lowest BCUT2D eigenvalue weighted by atomic mass is 9.58. The van der Waals surface area contributed by atoms with Crippen molar-refractivity contribution in [2.24, 2.45) is 17.8 Å². The maximum Gasteiger partial charge on any atom is 0.407 e. The number of alkyl carbamates (subject to hydrolysis) is 1. The minimum Gasteiger partial charge on any atom is -0.446 e. The highest BCUT2D eigenvalue weighted by Gasteiger charge is 2.53. The largest absolute Gasteiger partial charge is 0.446 e. The summed E-state index contributed by atoms with van der Waals surface area (Å²) in [5, 5.41) is 12.2. The predicted octanol–water partition coefficient (Wildman–Crippen LogP) is 6.78. The van der Waals surface area contributed by atoms with Gasteiger partial charge in [0.2, 0.25) is 0 Å². The van der Waals surface area contributed by atoms with Gasteiger partial charge in [-0.2, -0.15) is 5.26 Å². The summed E-state index contributed by atoms with van der Waals surface area (Å²) in [5.74, 6) is 1.39. The van der Waals surface area contributed by atoms with Crippen LogP contribution in [-0.2, 0) is 16.7 Å². The van der Waals surface area contributed by atoms with E-state index >= 15 is 4.39 Å². The number of benzene rings is 2. The SMILES string of the molecule is CNC(=O)O[C@H]1CCC[C@@H]1C(Cn1c(C)nc(C)c1C)(c1cc(F)cc(Cl)c1)C1CCN(CC2CN(c3ccc(C#N)cc3)C2)CC1. The van der Waals surface area contributed by atoms with E-state index in [9.17, 15) is 4.79 Å². The molecule has 0 spiro atoms. The standard InChI is InChI=1S/C37H46ClFN6O2/c1-24-25(2)45(26(3)42-24)23-37(30-16-31(38)18-32(39)17-30,34-6-5-7-35(34)47-36(46)41-4)29-12-14-43(15-13-29)20-28-21-44(22-28)33-10-8-27(19-40)9-11-33/h8-11,16-18,28-29,34-35H,5-7,12-15,20-23H2,1-4H3,(H,41,46)/t34-,35-,37?/m0/s1. The Morgan fingerprint density at radius 2 is 1.83 bits per heavy atom. The zero-order valence-electron chi connectivity index (χ0n) is 27.9. The normalized spacial score (nSPS) is 22.0. The average Bonchev–Trinajstić information content (AvgIpc) is 3.60. The fourth-order valence-electron chi connectivity index (χ4n) is 8.72. The topological polar surface area (TPSA) is 86.4 Å². The molecule has 2 aliphatic heterocycles. The van der Waals surface area contributed by atoms with Crippen LogP contribution >= 0.6 is 11.6 Å². The first-order chi connectivity index (χ1) is 22.6. The molecule has 0 bridgehead atoms. The molecule has 1 aromatic heterocycles. The third-order valence-corrected chi connectivity index (χ3v) is 11.4. The maximum atomic E-state index is 15.3. The van der Waals surface area contributed by atoms with Crippen LogP contribution in [0, 0.1) is 55.7 Å². The third-order valence-electron chi connectivity index (χ3n) is 11.2. The molecule has 6 rings (SSSR count). The number of nitriles is 1. The van der Waals surface area contributed by atoms with Crippen molar-refractivity contribution < 1.29 is 13.9 Å². The minimum atomic E-state index is -0.529. The zero-order valence-corrected chi connectivity index (χ0v) is 28.7. The number of imidazole rings is 1. The van der Waals surface area contributed by atoms with E-state index in [2.05, 4.69) is 32.7 Å². The first kappa shape index (κ1) is 33.3. The summed E-state index contributed by atoms with van der Waals surface area (Å²) in [6, 6.07) is 15.0. The van der Waals surface area contributed by atoms with Gasteiger partial charge in [0.15, 0.2) is 0 Å². The number of nitrogens with one attached hydrogen (secondary N) is 1. The van der Waals surface area contributed by atoms with Gasteiger partial charge in [-0.05, 0) is 120 Å². The number of anilines is 1. The van der Waals surface area contributed by atoms with Gasteiger partial charge in [0.1, 0.15) is 17.7 Å². The molecule has 10 heteroatoms. The lowest BCUT2D eigenvalue weighted by Gasteiger charge is -2.51. The maximum absolute atomic E-state index is 15.3. The summed E-state index contributed by atoms with van der Waals surface area (Å²) in [7, 11) is 1.59. The van der Waals surface area contributed by atoms with E-state index in [1.54, 1.807) is 13.1 Å². The molecule has 1 aliphatic carbocycles. The van der Waals surface area contributed by atoms with E-state index in [4.69, 9.17) is 26.6 Å². The first-order valence-corrected chi connectivity index (χ1v) is 17.3. The van der Waals surface area contributed by atoms with Crippen LogP contribution in [0.5, 0.6) is 0 Å². The fraction of sp³-hybridized carbons (Fsp3) is 0.541. The van der Waals surface area contributed by atoms with Gasteiger partial charge in [-0.15, -0.1) is 0 Å². The van der Waals surface area contributed by atoms with Crippen molar-refractivity contribution in [1.29, 1.82) is 5.26 Å². The van der Waals surface area contributed by atoms with E-state index < -0.39 is 11.5 Å². The van der Waals surface area contributed by atoms with Crippen LogP contribution in [0.1, 0.15) is 60.4 Å². The number of nitrogens with zero attached hydrogens (tertiary/aromatic N) is 5. The van der Waals surface area contributed by atoms with Crippen molar-refractivity contribution in [3.8, 4) is 6.07 Å². The Hall–Kier alpha value is -3.61. The van der Waals surface area contributed by atoms with Gasteiger partial charge >= 0.3 is 6.09 Å². The molecule has 3 aliphatic rings. The molecule has 0 radical (unpaired) electrons. The summed E-state index contributed by atoms with van der Waals surface area (Å²) >= 11 is 6.61. The zero-order chi connectivity index (χ0) is 33.3. The van der Waals surface area contributed by atoms with E-state index in [1.165, 1.54) is 11.8 Å². The number of piperidine rings is 1. The average molecular weight is 661 g/mol. The van der Waals surface area contributed by atoms with Crippen molar-refractivity contribution in [1.82, 2.24) is 19.8 Å². The Kier molecular flexibility index (Phi) is 9.82. The van der Waals surface area contributed by atoms with Gasteiger partial charge in [-0.1, -0.05) is 11.6 Å². The molecule has 47 heavy (non-hydrogen) atoms. The summed E-state index contributed by atoms with van der Waals surface area (Å²) in [5.41, 5.74) is 4.30. The van der Waals surface area contributed by atoms with E-state index in [0.717, 1.165) is 87.6 Å². The van der Waals surface area contributed by atoms with Crippen molar-refractivity contribution in [3.05, 3.63) is 81.6 Å². The molecule has 1 unspecified atom stereocenters. The number of hydrogen-bond acceptors (Lipinski definition) is 6. The summed E-state index contributed by atoms with van der Waals surface area (Å²) < 4.78 is 23.7. The Morgan fingerprint density at radius 1 is 1.11 bits per heavy atom. The molecule has 1 saturated carbocycles. The Labute approximate surface area is 282 Å². The summed E-state index contributed by atoms with van der Waals surface area (Å²) in [6.45, 7) is 11.8. The number of hydrogen-bond donors (Lipinski definition) is 1. The number of carbonyl (C=O) groups is 1. The molecule has 2 saturated heterocycles. The Balaban J connectivity index is 1.28. The molecule has 3 heterocycles. The van der Waals surface area contributed by atoms with Crippen LogP contribution in [0.25, 0.3) is 0 Å². The molecule has 3 atom stereocenters. The minimum absolute atomic E-state index is 0.0108. The number of carbonyl (C=O) groups excluding carboxylic acids is 1. The second-order valence-electron chi connectivity index (χ2n) is 13.9. The van der Waals surface area contributed by atoms with Gasteiger partial charge in [0.05, 0.1) is 17.3 Å². The molecule has 3 fully saturated rings. The number of amides is 1. The van der Waals surface area contributed by atoms with Gasteiger partial charge in [0.25, 0.3) is 0 Å². The van der Waals surface area contributed by atoms with Crippen molar-refractivity contribution in [3.63, 3.8) is 0 Å². The molecule has 1 N–H and O–H groups in total. The van der Waals surface area contributed by atoms with Gasteiger partial charge in [0, 0.05) is 66.9 Å². The number of halogens is 2. The number of ether oxygens (including phenoxy) is 1. The lowest BCUT2D eigenvalue weighted by molar-refractivity contribution is 0.00145. The van der Waals surface area contributed by atoms with E-state index in [-0.39, 0.29) is 23.8 Å². The van der Waals surface area contributed by atoms with Gasteiger partial charge < -0.3 is 24.4 Å². The molecule has 250 valence electrons. The monoisotopic (exact) mass is 660 g/mol. The van der Waals surface area contributed by atoms with Crippen LogP contribution in [0.2, 0.25) is 5.02 Å². The number of aromatic nitrogens is 2. The van der Waals surface area contributed by atoms with Crippen molar-refractivity contribution in [2.75, 3.05) is 44.7 Å². The molecule has 2 aromatic carbocycles. The molecule has 8 nitrogen and oxygen atoms in total. The van der Waals surface area contributed by atoms with Crippen molar-refractivity contribution in [2.45, 2.75) is 70.9 Å². The quantitative estimate of drug-likeness (QED) is 0.272. The number of likely N-dealkylation sites (tertiary alicyclic amines) is 1. The molecular weight excluding hydrogens is 615 g/mol. The summed E-state index contributed by atoms with van der Waals surface area (Å²) in [6.07, 6.45) is 3.79. The van der Waals surface area contributed by atoms with Crippen LogP contribution in [0.4, 0.5) is 14.9 Å². The first-order valence-electron chi connectivity index (χ1n) is 16.9. The third kappa shape index (κ3) is 6.73. The lowest BCUT2D eigenvalue weighted by Crippen LogP contribution is -2.55. The van der Waals surface area contributed by atoms with E-state index in [0.29, 0.717) is 23.0 Å². The Morgan fingerprint density at radius 3 is 2.45 bits per heavy atom. The summed E-state index contributed by atoms with van der Waals surface area (Å²) in [4.78, 5) is 22.4. The molecular formula is C37H46ClFN6O2. The van der Waals surface area contributed by atoms with Crippen LogP contribution in [0.3, 0.4) is 0 Å². The van der Waals surface area contributed by atoms with Crippen LogP contribution < -0.4 is 10.2 Å². The second kappa shape index (κ2) is 13.9. The van der Waals surface area contributed by atoms with E-state index in [1.807, 2.05) is 44.2 Å². The smallest absolute Gasteiger partial charge is 0.407 e. The van der Waals surface area contributed by atoms with Crippen LogP contribution in [-0.4, -0.2) is 66.4 Å². The second-order valence-corrected chi connectivity index (χ2v) is 14.3. The highest BCUT2D eigenvalue weighted by atomic mass is 35.5. The Bertz CT molecular complexity index is 1600. The van der Waals surface area contributed by atoms with Crippen molar-refractivity contribution >= 4 is 23.4 Å². The number of rotatable bonds is 9. The highest BCUT2D eigenvalue weighted by Crippen LogP contribution is 2.53. The van der Waals surface area contributed by atoms with Crippen LogP contribution in [0.15, 0.2) is 42.5 Å². The molecule has 1 amide bonds. The molecule has 3 aromatic rings. The fourth-order valence-corrected chi connectivity index (χ4v) is 8.94.